The molecule has 5 rings (SSSR count). The summed E-state index contributed by atoms with van der Waals surface area (Å²) in [5.74, 6) is 0.378. The number of nitriles is 1. The normalized spacial score (nSPS) is 30.2. The van der Waals surface area contributed by atoms with E-state index in [1.165, 1.54) is 18.4 Å². The number of ether oxygens (including phenoxy) is 2. The Morgan fingerprint density at radius 2 is 2.14 bits per heavy atom. The fourth-order valence-corrected chi connectivity index (χ4v) is 5.00. The quantitative estimate of drug-likeness (QED) is 0.735. The molecule has 5 nitrogen and oxygen atoms in total. The number of esters is 1. The minimum Gasteiger partial charge on any atom is -0.461 e. The van der Waals surface area contributed by atoms with Crippen LogP contribution >= 0.6 is 0 Å². The first-order valence-corrected chi connectivity index (χ1v) is 10.4. The van der Waals surface area contributed by atoms with Crippen LogP contribution in [0.4, 0.5) is 0 Å². The molecule has 1 saturated heterocycles. The summed E-state index contributed by atoms with van der Waals surface area (Å²) in [6.45, 7) is 5.02. The predicted molar refractivity (Wildman–Crippen MR) is 105 cm³/mol. The van der Waals surface area contributed by atoms with E-state index in [0.717, 1.165) is 36.8 Å². The van der Waals surface area contributed by atoms with Gasteiger partial charge in [0.15, 0.2) is 0 Å². The molecule has 3 fully saturated rings. The van der Waals surface area contributed by atoms with E-state index in [1.807, 2.05) is 17.6 Å². The maximum absolute atomic E-state index is 12.6. The summed E-state index contributed by atoms with van der Waals surface area (Å²) in [6, 6.07) is 10.9. The van der Waals surface area contributed by atoms with Crippen LogP contribution in [0.2, 0.25) is 0 Å². The number of aromatic nitrogens is 1. The number of hydrogen-bond donors (Lipinski definition) is 0. The largest absolute Gasteiger partial charge is 0.461 e. The standard InChI is InChI=1S/C23H26N2O3/c1-3-27-21(26)20-11-18-10-16(17-6-9-28-22(13-17)7-8-22)4-5-19(18)25(20)23(14-24)12-15(23)2/h4-5,10-11,15,17H,3,6-9,12-13H2,1-2H3/t15-,17+,23-/m1/s1. The summed E-state index contributed by atoms with van der Waals surface area (Å²) in [4.78, 5) is 12.6. The summed E-state index contributed by atoms with van der Waals surface area (Å²) in [6.07, 6.45) is 5.25. The van der Waals surface area contributed by atoms with Crippen molar-refractivity contribution >= 4 is 16.9 Å². The molecule has 3 aliphatic rings. The Balaban J connectivity index is 1.59. The van der Waals surface area contributed by atoms with Crippen LogP contribution in [0.5, 0.6) is 0 Å². The van der Waals surface area contributed by atoms with Gasteiger partial charge in [0.05, 0.1) is 23.8 Å². The molecule has 3 atom stereocenters. The molecule has 1 aromatic carbocycles. The molecule has 2 aromatic rings. The van der Waals surface area contributed by atoms with Crippen molar-refractivity contribution in [2.45, 2.75) is 63.0 Å². The molecule has 146 valence electrons. The molecule has 0 unspecified atom stereocenters. The molecular weight excluding hydrogens is 352 g/mol. The molecule has 1 aliphatic heterocycles. The Hall–Kier alpha value is -2.32. The van der Waals surface area contributed by atoms with Crippen LogP contribution in [0, 0.1) is 17.2 Å². The minimum atomic E-state index is -0.637. The first-order chi connectivity index (χ1) is 13.5. The lowest BCUT2D eigenvalue weighted by Crippen LogP contribution is -2.26. The van der Waals surface area contributed by atoms with Gasteiger partial charge in [-0.3, -0.25) is 0 Å². The van der Waals surface area contributed by atoms with E-state index >= 15 is 0 Å². The highest BCUT2D eigenvalue weighted by atomic mass is 16.5. The van der Waals surface area contributed by atoms with Crippen molar-refractivity contribution in [1.29, 1.82) is 5.26 Å². The van der Waals surface area contributed by atoms with Gasteiger partial charge in [-0.05, 0) is 74.6 Å². The Bertz CT molecular complexity index is 997. The highest BCUT2D eigenvalue weighted by Gasteiger charge is 2.55. The molecule has 0 bridgehead atoms. The SMILES string of the molecule is CCOC(=O)c1cc2cc([C@H]3CCOC4(CC4)C3)ccc2n1[C@@]1(C#N)C[C@H]1C. The number of rotatable bonds is 4. The van der Waals surface area contributed by atoms with Crippen LogP contribution in [-0.4, -0.2) is 29.4 Å². The number of benzene rings is 1. The van der Waals surface area contributed by atoms with Gasteiger partial charge in [0.2, 0.25) is 0 Å². The van der Waals surface area contributed by atoms with Gasteiger partial charge in [-0.25, -0.2) is 4.79 Å². The molecule has 1 aromatic heterocycles. The fraction of sp³-hybridized carbons (Fsp3) is 0.565. The Labute approximate surface area is 165 Å². The zero-order chi connectivity index (χ0) is 19.5. The first-order valence-electron chi connectivity index (χ1n) is 10.4. The monoisotopic (exact) mass is 378 g/mol. The molecular formula is C23H26N2O3. The summed E-state index contributed by atoms with van der Waals surface area (Å²) in [7, 11) is 0. The Morgan fingerprint density at radius 1 is 1.36 bits per heavy atom. The molecule has 0 N–H and O–H groups in total. The smallest absolute Gasteiger partial charge is 0.355 e. The fourth-order valence-electron chi connectivity index (χ4n) is 5.00. The van der Waals surface area contributed by atoms with Crippen LogP contribution in [0.3, 0.4) is 0 Å². The zero-order valence-corrected chi connectivity index (χ0v) is 16.5. The zero-order valence-electron chi connectivity index (χ0n) is 16.5. The van der Waals surface area contributed by atoms with E-state index in [1.54, 1.807) is 0 Å². The van der Waals surface area contributed by atoms with Crippen LogP contribution in [0.15, 0.2) is 24.3 Å². The van der Waals surface area contributed by atoms with Crippen molar-refractivity contribution < 1.29 is 14.3 Å². The number of hydrogen-bond acceptors (Lipinski definition) is 4. The minimum absolute atomic E-state index is 0.133. The van der Waals surface area contributed by atoms with Crippen molar-refractivity contribution in [2.75, 3.05) is 13.2 Å². The third kappa shape index (κ3) is 2.58. The summed E-state index contributed by atoms with van der Waals surface area (Å²) < 4.78 is 13.2. The Morgan fingerprint density at radius 3 is 2.79 bits per heavy atom. The second-order valence-corrected chi connectivity index (χ2v) is 8.77. The molecule has 1 spiro atoms. The second kappa shape index (κ2) is 6.09. The first kappa shape index (κ1) is 17.8. The van der Waals surface area contributed by atoms with Crippen molar-refractivity contribution in [1.82, 2.24) is 4.57 Å². The maximum atomic E-state index is 12.6. The summed E-state index contributed by atoms with van der Waals surface area (Å²) in [5, 5.41) is 10.9. The van der Waals surface area contributed by atoms with Gasteiger partial charge in [-0.15, -0.1) is 0 Å². The number of carbonyl (C=O) groups is 1. The third-order valence-corrected chi connectivity index (χ3v) is 6.95. The summed E-state index contributed by atoms with van der Waals surface area (Å²) in [5.41, 5.74) is 2.25. The predicted octanol–water partition coefficient (Wildman–Crippen LogP) is 4.50. The molecule has 2 saturated carbocycles. The van der Waals surface area contributed by atoms with Gasteiger partial charge in [0.1, 0.15) is 11.2 Å². The van der Waals surface area contributed by atoms with Crippen LogP contribution in [-0.2, 0) is 15.0 Å². The lowest BCUT2D eigenvalue weighted by atomic mass is 9.87. The highest BCUT2D eigenvalue weighted by Crippen LogP contribution is 2.53. The van der Waals surface area contributed by atoms with Crippen molar-refractivity contribution in [2.24, 2.45) is 5.92 Å². The van der Waals surface area contributed by atoms with E-state index in [0.29, 0.717) is 18.2 Å². The van der Waals surface area contributed by atoms with Crippen LogP contribution < -0.4 is 0 Å². The van der Waals surface area contributed by atoms with Crippen molar-refractivity contribution in [3.8, 4) is 6.07 Å². The second-order valence-electron chi connectivity index (χ2n) is 8.77. The number of carbonyl (C=O) groups excluding carboxylic acids is 1. The lowest BCUT2D eigenvalue weighted by molar-refractivity contribution is -0.0132. The van der Waals surface area contributed by atoms with Crippen molar-refractivity contribution in [3.05, 3.63) is 35.5 Å². The van der Waals surface area contributed by atoms with Crippen molar-refractivity contribution in [3.63, 3.8) is 0 Å². The van der Waals surface area contributed by atoms with Crippen LogP contribution in [0.1, 0.15) is 67.9 Å². The van der Waals surface area contributed by atoms with Gasteiger partial charge in [0, 0.05) is 12.0 Å². The van der Waals surface area contributed by atoms with Gasteiger partial charge in [0.25, 0.3) is 0 Å². The van der Waals surface area contributed by atoms with Gasteiger partial charge >= 0.3 is 5.97 Å². The highest BCUT2D eigenvalue weighted by molar-refractivity contribution is 5.96. The summed E-state index contributed by atoms with van der Waals surface area (Å²) >= 11 is 0. The molecule has 5 heteroatoms. The average molecular weight is 378 g/mol. The number of nitrogens with zero attached hydrogens (tertiary/aromatic N) is 2. The van der Waals surface area contributed by atoms with E-state index < -0.39 is 5.54 Å². The maximum Gasteiger partial charge on any atom is 0.355 e. The average Bonchev–Trinajstić information content (AvgIpc) is 3.56. The van der Waals surface area contributed by atoms with E-state index in [4.69, 9.17) is 9.47 Å². The van der Waals surface area contributed by atoms with Gasteiger partial charge < -0.3 is 14.0 Å². The molecule has 0 radical (unpaired) electrons. The van der Waals surface area contributed by atoms with Gasteiger partial charge in [-0.1, -0.05) is 13.0 Å². The number of fused-ring (bicyclic) bond motifs is 1. The lowest BCUT2D eigenvalue weighted by Gasteiger charge is -2.30. The van der Waals surface area contributed by atoms with Gasteiger partial charge in [-0.2, -0.15) is 5.26 Å². The molecule has 2 aliphatic carbocycles. The third-order valence-electron chi connectivity index (χ3n) is 6.95. The van der Waals surface area contributed by atoms with E-state index in [-0.39, 0.29) is 17.5 Å². The Kier molecular flexibility index (Phi) is 3.86. The molecule has 0 amide bonds. The van der Waals surface area contributed by atoms with Crippen LogP contribution in [0.25, 0.3) is 10.9 Å². The molecule has 2 heterocycles. The topological polar surface area (TPSA) is 64.2 Å². The van der Waals surface area contributed by atoms with E-state index in [9.17, 15) is 10.1 Å². The molecule has 28 heavy (non-hydrogen) atoms. The van der Waals surface area contributed by atoms with E-state index in [2.05, 4.69) is 31.2 Å².